The summed E-state index contributed by atoms with van der Waals surface area (Å²) < 4.78 is 41.8. The zero-order valence-corrected chi connectivity index (χ0v) is 41.8. The third-order valence-electron chi connectivity index (χ3n) is 17.5. The number of phenolic OH excluding ortho intramolecular Hbond substituents is 1. The van der Waals surface area contributed by atoms with E-state index in [1.807, 2.05) is 13.0 Å². The molecule has 0 aliphatic carbocycles. The number of aryl methyl sites for hydroxylation is 2. The van der Waals surface area contributed by atoms with Gasteiger partial charge in [-0.2, -0.15) is 9.97 Å². The summed E-state index contributed by atoms with van der Waals surface area (Å²) in [4.78, 5) is 61.8. The van der Waals surface area contributed by atoms with Crippen LogP contribution in [0.4, 0.5) is 20.3 Å². The van der Waals surface area contributed by atoms with Gasteiger partial charge in [-0.25, -0.2) is 13.6 Å². The maximum Gasteiger partial charge on any atom is 0.329 e. The minimum atomic E-state index is -0.693. The number of hydrogen-bond acceptors (Lipinski definition) is 13. The van der Waals surface area contributed by atoms with Crippen molar-refractivity contribution < 1.29 is 28.2 Å². The molecular weight excluding hydrogens is 933 g/mol. The van der Waals surface area contributed by atoms with Gasteiger partial charge in [-0.3, -0.25) is 33.9 Å². The molecule has 2 amide bonds. The zero-order chi connectivity index (χ0) is 50.1. The molecule has 3 unspecified atom stereocenters. The van der Waals surface area contributed by atoms with Gasteiger partial charge in [0.2, 0.25) is 11.8 Å². The van der Waals surface area contributed by atoms with E-state index in [-0.39, 0.29) is 46.8 Å². The van der Waals surface area contributed by atoms with Crippen LogP contribution in [0.1, 0.15) is 82.7 Å². The molecule has 12 rings (SSSR count). The first-order valence-corrected chi connectivity index (χ1v) is 26.6. The highest BCUT2D eigenvalue weighted by atomic mass is 19.1. The van der Waals surface area contributed by atoms with Crippen LogP contribution in [-0.2, 0) is 23.1 Å². The van der Waals surface area contributed by atoms with Gasteiger partial charge in [0.25, 0.3) is 0 Å². The quantitative estimate of drug-likeness (QED) is 0.122. The van der Waals surface area contributed by atoms with Gasteiger partial charge in [0.15, 0.2) is 5.82 Å². The van der Waals surface area contributed by atoms with E-state index in [0.717, 1.165) is 109 Å². The van der Waals surface area contributed by atoms with Crippen LogP contribution in [-0.4, -0.2) is 135 Å². The predicted octanol–water partition coefficient (Wildman–Crippen LogP) is 6.44. The number of nitrogens with zero attached hydrogens (tertiary/aromatic N) is 9. The fourth-order valence-electron chi connectivity index (χ4n) is 13.3. The van der Waals surface area contributed by atoms with Gasteiger partial charge in [-0.1, -0.05) is 13.0 Å². The molecule has 0 saturated carbocycles. The van der Waals surface area contributed by atoms with Crippen LogP contribution in [0.15, 0.2) is 53.5 Å². The maximum atomic E-state index is 17.1. The Morgan fingerprint density at radius 3 is 2.30 bits per heavy atom. The molecule has 1 spiro atoms. The molecule has 6 saturated heterocycles. The van der Waals surface area contributed by atoms with Crippen molar-refractivity contribution in [3.8, 4) is 23.0 Å². The third kappa shape index (κ3) is 8.96. The van der Waals surface area contributed by atoms with Crippen LogP contribution >= 0.6 is 0 Å². The largest absolute Gasteiger partial charge is 0.508 e. The fourth-order valence-corrected chi connectivity index (χ4v) is 13.3. The molecule has 9 heterocycles. The number of benzene rings is 3. The Morgan fingerprint density at radius 1 is 0.836 bits per heavy atom. The van der Waals surface area contributed by atoms with Crippen LogP contribution in [0.3, 0.4) is 0 Å². The van der Waals surface area contributed by atoms with Gasteiger partial charge < -0.3 is 29.9 Å². The Bertz CT molecular complexity index is 3180. The van der Waals surface area contributed by atoms with E-state index >= 15 is 8.78 Å². The van der Waals surface area contributed by atoms with Crippen molar-refractivity contribution in [2.45, 2.75) is 95.7 Å². The molecule has 2 bridgehead atoms. The summed E-state index contributed by atoms with van der Waals surface area (Å²) in [7, 11) is 1.75. The number of imide groups is 1. The first-order chi connectivity index (χ1) is 35.4. The fraction of sp³-hybridized carbons (Fsp3) is 0.527. The first-order valence-electron chi connectivity index (χ1n) is 26.6. The average Bonchev–Trinajstić information content (AvgIpc) is 3.86. The second-order valence-electron chi connectivity index (χ2n) is 21.8. The monoisotopic (exact) mass is 998 g/mol. The number of hydrogen-bond donors (Lipinski definition) is 3. The molecule has 18 heteroatoms. The highest BCUT2D eigenvalue weighted by Crippen LogP contribution is 2.43. The topological polar surface area (TPSA) is 166 Å². The normalized spacial score (nSPS) is 23.1. The lowest BCUT2D eigenvalue weighted by Crippen LogP contribution is -2.51. The predicted molar refractivity (Wildman–Crippen MR) is 276 cm³/mol. The van der Waals surface area contributed by atoms with Crippen molar-refractivity contribution in [1.82, 2.24) is 44.5 Å². The number of halogens is 2. The number of pyridine rings is 1. The van der Waals surface area contributed by atoms with E-state index in [4.69, 9.17) is 14.7 Å². The van der Waals surface area contributed by atoms with E-state index in [1.54, 1.807) is 34.5 Å². The molecule has 6 fully saturated rings. The Hall–Kier alpha value is -6.24. The average molecular weight is 998 g/mol. The van der Waals surface area contributed by atoms with Gasteiger partial charge in [0, 0.05) is 82.3 Å². The van der Waals surface area contributed by atoms with Crippen LogP contribution in [0.5, 0.6) is 11.8 Å². The summed E-state index contributed by atoms with van der Waals surface area (Å²) in [6.45, 7) is 11.7. The number of phenols is 1. The molecule has 6 aliphatic heterocycles. The number of aromatic hydroxyl groups is 1. The van der Waals surface area contributed by atoms with Gasteiger partial charge in [0.1, 0.15) is 41.2 Å². The minimum Gasteiger partial charge on any atom is -0.508 e. The van der Waals surface area contributed by atoms with Gasteiger partial charge in [-0.15, -0.1) is 0 Å². The van der Waals surface area contributed by atoms with Crippen molar-refractivity contribution in [3.05, 3.63) is 76.3 Å². The second-order valence-corrected chi connectivity index (χ2v) is 21.8. The number of likely N-dealkylation sites (tertiary alicyclic amines) is 2. The molecule has 0 radical (unpaired) electrons. The van der Waals surface area contributed by atoms with Gasteiger partial charge >= 0.3 is 11.7 Å². The Kier molecular flexibility index (Phi) is 12.6. The Morgan fingerprint density at radius 2 is 1.58 bits per heavy atom. The summed E-state index contributed by atoms with van der Waals surface area (Å²) in [5.41, 5.74) is 3.52. The number of piperazine rings is 1. The summed E-state index contributed by atoms with van der Waals surface area (Å²) in [5.74, 6) is -0.600. The summed E-state index contributed by atoms with van der Waals surface area (Å²) in [5, 5.41) is 18.4. The lowest BCUT2D eigenvalue weighted by molar-refractivity contribution is -0.135. The third-order valence-corrected chi connectivity index (χ3v) is 17.5. The van der Waals surface area contributed by atoms with Crippen LogP contribution in [0.25, 0.3) is 44.0 Å². The lowest BCUT2D eigenvalue weighted by Gasteiger charge is -2.47. The van der Waals surface area contributed by atoms with E-state index in [9.17, 15) is 19.5 Å². The highest BCUT2D eigenvalue weighted by molar-refractivity contribution is 6.02. The number of carbonyl (C=O) groups excluding carboxylic acids is 2. The van der Waals surface area contributed by atoms with Gasteiger partial charge in [-0.05, 0) is 154 Å². The van der Waals surface area contributed by atoms with Crippen LogP contribution in [0, 0.1) is 23.0 Å². The minimum absolute atomic E-state index is 0.0101. The van der Waals surface area contributed by atoms with Crippen molar-refractivity contribution in [3.63, 3.8) is 0 Å². The lowest BCUT2D eigenvalue weighted by atomic mass is 9.71. The molecule has 3 aromatic carbocycles. The number of ether oxygens (including phenoxy) is 1. The number of anilines is 2. The molecule has 384 valence electrons. The summed E-state index contributed by atoms with van der Waals surface area (Å²) in [6.07, 6.45) is 11.6. The maximum absolute atomic E-state index is 17.1. The molecule has 3 aromatic heterocycles. The van der Waals surface area contributed by atoms with Crippen molar-refractivity contribution in [1.29, 1.82) is 0 Å². The highest BCUT2D eigenvalue weighted by Gasteiger charge is 2.39. The summed E-state index contributed by atoms with van der Waals surface area (Å²) in [6, 6.07) is 12.1. The molecule has 73 heavy (non-hydrogen) atoms. The van der Waals surface area contributed by atoms with Crippen molar-refractivity contribution in [2.75, 3.05) is 81.9 Å². The number of rotatable bonds is 11. The molecular formula is C55H65F2N11O5. The number of nitrogens with one attached hydrogen (secondary N) is 2. The first kappa shape index (κ1) is 47.7. The number of aromatic nitrogens is 5. The smallest absolute Gasteiger partial charge is 0.329 e. The number of amides is 2. The SMILES string of the molecule is CCc1c(F)ccc2cc(O)cc(-c3ncc4c(N5CC6CCC(C5)N6)nc(OCCN5CCC6(CC5)CCN(CC5CCN(c7ccc8c(c7)n(C)c(=O)n8C7CCC(=O)NC7=O)CC5)CC6)nc4c3F)c12. The van der Waals surface area contributed by atoms with Crippen molar-refractivity contribution in [2.24, 2.45) is 18.4 Å². The van der Waals surface area contributed by atoms with Crippen molar-refractivity contribution >= 4 is 56.0 Å². The standard InChI is InChI=1S/C55H65F2N11O5/c1-3-39-42(56)8-4-34-26-38(69)28-40(47(34)39)49-48(57)50-41(29-58-49)51(67-31-35-5-6-36(32-67)59-35)62-53(61-50)73-25-24-64-20-14-55(15-21-64)16-22-65(23-17-55)30-33-12-18-66(19-13-33)37-7-9-43-45(27-37)63(2)54(72)68(43)44-10-11-46(70)60-52(44)71/h4,7-9,26-29,33,35-36,44,59,69H,3,5-6,10-25,30-32H2,1-2H3,(H,60,70,71). The molecule has 3 N–H and O–H groups in total. The molecule has 16 nitrogen and oxygen atoms in total. The van der Waals surface area contributed by atoms with Gasteiger partial charge in [0.05, 0.1) is 16.4 Å². The van der Waals surface area contributed by atoms with E-state index in [0.29, 0.717) is 88.0 Å². The van der Waals surface area contributed by atoms with Crippen LogP contribution in [0.2, 0.25) is 0 Å². The number of piperidine rings is 4. The van der Waals surface area contributed by atoms with E-state index in [2.05, 4.69) is 47.3 Å². The number of imidazole rings is 1. The molecule has 6 aliphatic rings. The van der Waals surface area contributed by atoms with E-state index < -0.39 is 17.8 Å². The Balaban J connectivity index is 0.658. The Labute approximate surface area is 422 Å². The number of carbonyl (C=O) groups is 2. The number of fused-ring (bicyclic) bond motifs is 5. The molecule has 3 atom stereocenters. The molecule has 6 aromatic rings. The zero-order valence-electron chi connectivity index (χ0n) is 41.8. The van der Waals surface area contributed by atoms with Crippen LogP contribution < -0.4 is 30.9 Å². The summed E-state index contributed by atoms with van der Waals surface area (Å²) >= 11 is 0. The second kappa shape index (κ2) is 19.2. The van der Waals surface area contributed by atoms with E-state index in [1.165, 1.54) is 25.0 Å².